The number of carbonyl (C=O) groups is 3. The van der Waals surface area contributed by atoms with E-state index >= 15 is 0 Å². The van der Waals surface area contributed by atoms with Gasteiger partial charge in [-0.15, -0.1) is 22.7 Å². The number of rotatable bonds is 19. The van der Waals surface area contributed by atoms with E-state index in [1.165, 1.54) is 22.7 Å². The highest BCUT2D eigenvalue weighted by Crippen LogP contribution is 2.31. The molecule has 4 aromatic carbocycles. The Labute approximate surface area is 382 Å². The van der Waals surface area contributed by atoms with Gasteiger partial charge in [-0.1, -0.05) is 156 Å². The number of halogens is 2. The molecule has 0 amide bonds. The Morgan fingerprint density at radius 3 is 1.60 bits per heavy atom. The molecule has 0 aliphatic heterocycles. The number of nitrogen functional groups attached to an aromatic ring is 1. The number of anilines is 2. The second-order valence-corrected chi connectivity index (χ2v) is 15.8. The predicted molar refractivity (Wildman–Crippen MR) is 258 cm³/mol. The Morgan fingerprint density at radius 2 is 1.11 bits per heavy atom. The number of hydrazone groups is 1. The van der Waals surface area contributed by atoms with Gasteiger partial charge in [0.25, 0.3) is 0 Å². The molecule has 15 heteroatoms. The van der Waals surface area contributed by atoms with Crippen LogP contribution in [0.25, 0.3) is 22.5 Å². The van der Waals surface area contributed by atoms with Gasteiger partial charge in [0.15, 0.2) is 11.4 Å². The Bertz CT molecular complexity index is 2300. The van der Waals surface area contributed by atoms with Gasteiger partial charge in [-0.25, -0.2) is 25.4 Å². The highest BCUT2D eigenvalue weighted by molar-refractivity contribution is 7.14. The lowest BCUT2D eigenvalue weighted by atomic mass is 10.1. The van der Waals surface area contributed by atoms with Crippen molar-refractivity contribution in [1.82, 2.24) is 9.97 Å². The van der Waals surface area contributed by atoms with Crippen LogP contribution in [0.5, 0.6) is 0 Å². The van der Waals surface area contributed by atoms with Crippen LogP contribution in [0, 0.1) is 0 Å². The molecule has 0 spiro atoms. The van der Waals surface area contributed by atoms with Gasteiger partial charge in [0.2, 0.25) is 5.13 Å². The Morgan fingerprint density at radius 1 is 0.661 bits per heavy atom. The summed E-state index contributed by atoms with van der Waals surface area (Å²) in [6.45, 7) is 5.14. The van der Waals surface area contributed by atoms with Crippen LogP contribution >= 0.6 is 45.9 Å². The number of hydrogen-bond acceptors (Lipinski definition) is 13. The van der Waals surface area contributed by atoms with E-state index in [1.54, 1.807) is 36.5 Å². The number of hydrazine groups is 1. The van der Waals surface area contributed by atoms with E-state index in [9.17, 15) is 14.4 Å². The molecule has 11 nitrogen and oxygen atoms in total. The van der Waals surface area contributed by atoms with Crippen LogP contribution in [-0.4, -0.2) is 47.6 Å². The summed E-state index contributed by atoms with van der Waals surface area (Å²) in [5.74, 6) is 4.50. The second kappa shape index (κ2) is 29.0. The number of carbonyl (C=O) groups excluding carboxylic acids is 3. The summed E-state index contributed by atoms with van der Waals surface area (Å²) >= 11 is 15.1. The van der Waals surface area contributed by atoms with Gasteiger partial charge in [-0.05, 0) is 37.1 Å². The normalized spacial score (nSPS) is 10.3. The van der Waals surface area contributed by atoms with Crippen molar-refractivity contribution in [1.29, 1.82) is 0 Å². The molecule has 0 unspecified atom stereocenters. The molecule has 6 aromatic rings. The van der Waals surface area contributed by atoms with Crippen LogP contribution in [0.3, 0.4) is 0 Å². The van der Waals surface area contributed by atoms with Crippen molar-refractivity contribution < 1.29 is 23.9 Å². The zero-order valence-corrected chi connectivity index (χ0v) is 37.3. The molecule has 328 valence electrons. The minimum atomic E-state index is -0.413. The number of benzene rings is 4. The molecule has 0 aliphatic rings. The quantitative estimate of drug-likeness (QED) is 0.0178. The van der Waals surface area contributed by atoms with Gasteiger partial charge in [-0.3, -0.25) is 15.6 Å². The summed E-state index contributed by atoms with van der Waals surface area (Å²) in [6.07, 6.45) is 10.8. The summed E-state index contributed by atoms with van der Waals surface area (Å²) in [4.78, 5) is 43.6. The van der Waals surface area contributed by atoms with Crippen molar-refractivity contribution in [2.24, 2.45) is 10.9 Å². The highest BCUT2D eigenvalue weighted by atomic mass is 35.5. The van der Waals surface area contributed by atoms with Gasteiger partial charge >= 0.3 is 11.9 Å². The first-order chi connectivity index (χ1) is 29.8. The highest BCUT2D eigenvalue weighted by Gasteiger charge is 2.13. The van der Waals surface area contributed by atoms with Crippen LogP contribution in [-0.2, 0) is 9.47 Å². The molecule has 0 aliphatic carbocycles. The fraction of sp³-hybridized carbons (Fsp3) is 0.277. The topological polar surface area (TPSA) is 158 Å². The molecule has 62 heavy (non-hydrogen) atoms. The third kappa shape index (κ3) is 16.8. The maximum atomic E-state index is 12.4. The predicted octanol–water partition coefficient (Wildman–Crippen LogP) is 13.3. The number of ether oxygens (including phenoxy) is 2. The Balaban J connectivity index is 0.000000270. The summed E-state index contributed by atoms with van der Waals surface area (Å²) in [7, 11) is 0. The van der Waals surface area contributed by atoms with Gasteiger partial charge in [0.05, 0.1) is 41.9 Å². The maximum absolute atomic E-state index is 12.4. The minimum Gasteiger partial charge on any atom is -0.462 e. The minimum absolute atomic E-state index is 0. The molecule has 0 bridgehead atoms. The van der Waals surface area contributed by atoms with Crippen LogP contribution in [0.2, 0.25) is 10.0 Å². The second-order valence-electron chi connectivity index (χ2n) is 13.2. The number of esters is 2. The van der Waals surface area contributed by atoms with Gasteiger partial charge in [-0.2, -0.15) is 5.10 Å². The average Bonchev–Trinajstić information content (AvgIpc) is 3.97. The van der Waals surface area contributed by atoms with E-state index < -0.39 is 5.97 Å². The SMILES string of the molecule is C.CCCCCCOC(=O)c1ccccc1/C=N/Nc1nc(-c2ccccc2Cl)cs1.CCCCCCOC(=O)c1ccccc1C=O.NNc1nc(-c2ccccc2Cl)cs1. The van der Waals surface area contributed by atoms with E-state index in [0.29, 0.717) is 62.1 Å². The first kappa shape index (κ1) is 50.9. The lowest BCUT2D eigenvalue weighted by Crippen LogP contribution is -2.09. The molecular formula is C47H54Cl2N6O5S2. The fourth-order valence-corrected chi connectivity index (χ4v) is 7.28. The number of unbranched alkanes of at least 4 members (excludes halogenated alkanes) is 6. The maximum Gasteiger partial charge on any atom is 0.338 e. The van der Waals surface area contributed by atoms with Crippen LogP contribution in [0.4, 0.5) is 10.3 Å². The largest absolute Gasteiger partial charge is 0.462 e. The van der Waals surface area contributed by atoms with Crippen molar-refractivity contribution in [2.75, 3.05) is 24.1 Å². The third-order valence-electron chi connectivity index (χ3n) is 8.75. The van der Waals surface area contributed by atoms with Crippen LogP contribution in [0.15, 0.2) is 113 Å². The van der Waals surface area contributed by atoms with Gasteiger partial charge in [0, 0.05) is 43.1 Å². The molecule has 0 saturated heterocycles. The molecule has 6 rings (SSSR count). The summed E-state index contributed by atoms with van der Waals surface area (Å²) in [6, 6.07) is 29.1. The molecule has 0 fully saturated rings. The molecule has 0 radical (unpaired) electrons. The zero-order valence-electron chi connectivity index (χ0n) is 34.2. The molecule has 0 atom stereocenters. The monoisotopic (exact) mass is 916 g/mol. The number of hydrogen-bond donors (Lipinski definition) is 3. The molecular weight excluding hydrogens is 864 g/mol. The van der Waals surface area contributed by atoms with Gasteiger partial charge < -0.3 is 9.47 Å². The number of nitrogens with zero attached hydrogens (tertiary/aromatic N) is 3. The molecule has 2 heterocycles. The summed E-state index contributed by atoms with van der Waals surface area (Å²) < 4.78 is 10.5. The van der Waals surface area contributed by atoms with Crippen molar-refractivity contribution in [3.63, 3.8) is 0 Å². The van der Waals surface area contributed by atoms with Crippen molar-refractivity contribution in [3.05, 3.63) is 140 Å². The van der Waals surface area contributed by atoms with E-state index in [0.717, 1.165) is 73.9 Å². The standard InChI is InChI=1S/C23H24ClN3O2S.C14H18O3.C9H8ClN3S.CH4/c1-2-3-4-9-14-29-22(28)18-11-6-5-10-17(18)15-25-27-23-26-21(16-30-23)19-12-7-8-13-20(19)24;1-2-3-4-7-10-17-14(16)13-9-6-5-8-12(13)11-15;10-7-4-2-1-3-6(7)8-5-14-9(12-8)13-11;/h5-8,10-13,15-16H,2-4,9,14H2,1H3,(H,26,27);5-6,8-9,11H,2-4,7,10H2,1H3;1-5H,11H2,(H,12,13);1H4/b25-15+;;;. The first-order valence-electron chi connectivity index (χ1n) is 19.9. The number of thiazole rings is 2. The number of nitrogens with two attached hydrogens (primary N) is 1. The van der Waals surface area contributed by atoms with Crippen LogP contribution in [0.1, 0.15) is 109 Å². The number of aldehydes is 1. The fourth-order valence-electron chi connectivity index (χ4n) is 5.53. The van der Waals surface area contributed by atoms with Gasteiger partial charge in [0.1, 0.15) is 0 Å². The van der Waals surface area contributed by atoms with Crippen molar-refractivity contribution in [3.8, 4) is 22.5 Å². The molecule has 0 saturated carbocycles. The third-order valence-corrected chi connectivity index (χ3v) is 10.9. The Kier molecular flexibility index (Phi) is 23.8. The summed E-state index contributed by atoms with van der Waals surface area (Å²) in [5, 5.41) is 10.7. The van der Waals surface area contributed by atoms with Crippen LogP contribution < -0.4 is 16.7 Å². The Hall–Kier alpha value is -5.44. The van der Waals surface area contributed by atoms with E-state index in [4.69, 9.17) is 38.5 Å². The number of nitrogens with one attached hydrogen (secondary N) is 2. The lowest BCUT2D eigenvalue weighted by molar-refractivity contribution is 0.0488. The first-order valence-corrected chi connectivity index (χ1v) is 22.4. The van der Waals surface area contributed by atoms with E-state index in [1.807, 2.05) is 77.5 Å². The smallest absolute Gasteiger partial charge is 0.338 e. The van der Waals surface area contributed by atoms with E-state index in [-0.39, 0.29) is 13.4 Å². The lowest BCUT2D eigenvalue weighted by Gasteiger charge is -2.07. The number of aromatic nitrogens is 2. The zero-order chi connectivity index (χ0) is 43.7. The molecule has 2 aromatic heterocycles. The summed E-state index contributed by atoms with van der Waals surface area (Å²) in [5.41, 5.74) is 10.8. The average molecular weight is 918 g/mol. The van der Waals surface area contributed by atoms with Crippen molar-refractivity contribution in [2.45, 2.75) is 72.6 Å². The van der Waals surface area contributed by atoms with Crippen molar-refractivity contribution >= 4 is 80.6 Å². The van der Waals surface area contributed by atoms with E-state index in [2.05, 4.69) is 39.8 Å². The molecule has 4 N–H and O–H groups in total.